The van der Waals surface area contributed by atoms with Crippen LogP contribution in [0.25, 0.3) is 0 Å². The van der Waals surface area contributed by atoms with Crippen molar-refractivity contribution in [3.8, 4) is 11.8 Å². The van der Waals surface area contributed by atoms with Crippen LogP contribution in [0.2, 0.25) is 0 Å². The molecule has 0 spiro atoms. The zero-order chi connectivity index (χ0) is 12.1. The third kappa shape index (κ3) is 2.44. The monoisotopic (exact) mass is 239 g/mol. The number of nitrogens with zero attached hydrogens (tertiary/aromatic N) is 1. The summed E-state index contributed by atoms with van der Waals surface area (Å²) >= 11 is 5.59. The molecule has 0 aliphatic heterocycles. The zero-order valence-electron chi connectivity index (χ0n) is 8.66. The highest BCUT2D eigenvalue weighted by Crippen LogP contribution is 2.26. The van der Waals surface area contributed by atoms with Gasteiger partial charge in [0.25, 0.3) is 0 Å². The molecule has 0 atom stereocenters. The minimum atomic E-state index is -0.663. The maximum Gasteiger partial charge on any atom is 0.341 e. The summed E-state index contributed by atoms with van der Waals surface area (Å²) in [5, 5.41) is 18.5. The molecule has 16 heavy (non-hydrogen) atoms. The minimum absolute atomic E-state index is 0.0216. The van der Waals surface area contributed by atoms with Crippen LogP contribution in [-0.4, -0.2) is 17.7 Å². The molecule has 0 radical (unpaired) electrons. The van der Waals surface area contributed by atoms with E-state index in [9.17, 15) is 9.90 Å². The van der Waals surface area contributed by atoms with Gasteiger partial charge in [-0.2, -0.15) is 5.26 Å². The number of benzene rings is 1. The summed E-state index contributed by atoms with van der Waals surface area (Å²) in [5.41, 5.74) is 0.567. The molecule has 0 saturated carbocycles. The number of phenols is 1. The largest absolute Gasteiger partial charge is 0.507 e. The number of ether oxygens (including phenoxy) is 1. The highest BCUT2D eigenvalue weighted by atomic mass is 35.5. The molecular formula is C11H10ClNO3. The second-order valence-electron chi connectivity index (χ2n) is 3.00. The van der Waals surface area contributed by atoms with E-state index in [-0.39, 0.29) is 29.4 Å². The molecule has 1 aromatic rings. The molecule has 0 aliphatic carbocycles. The molecule has 84 valence electrons. The number of carbonyl (C=O) groups excluding carboxylic acids is 1. The van der Waals surface area contributed by atoms with Gasteiger partial charge in [-0.15, -0.1) is 11.6 Å². The van der Waals surface area contributed by atoms with Crippen molar-refractivity contribution in [1.29, 1.82) is 5.26 Å². The second kappa shape index (κ2) is 5.38. The first-order valence-corrected chi connectivity index (χ1v) is 5.16. The molecule has 0 unspecified atom stereocenters. The first-order valence-electron chi connectivity index (χ1n) is 4.63. The highest BCUT2D eigenvalue weighted by Gasteiger charge is 2.16. The van der Waals surface area contributed by atoms with Crippen molar-refractivity contribution in [2.45, 2.75) is 12.8 Å². The van der Waals surface area contributed by atoms with Crippen LogP contribution in [0.5, 0.6) is 5.75 Å². The van der Waals surface area contributed by atoms with Gasteiger partial charge in [0.15, 0.2) is 0 Å². The Morgan fingerprint density at radius 2 is 2.31 bits per heavy atom. The van der Waals surface area contributed by atoms with E-state index >= 15 is 0 Å². The summed E-state index contributed by atoms with van der Waals surface area (Å²) in [7, 11) is 0. The lowest BCUT2D eigenvalue weighted by atomic mass is 10.1. The van der Waals surface area contributed by atoms with Gasteiger partial charge in [0.1, 0.15) is 11.3 Å². The lowest BCUT2D eigenvalue weighted by molar-refractivity contribution is 0.0523. The van der Waals surface area contributed by atoms with Crippen LogP contribution in [-0.2, 0) is 10.6 Å². The number of esters is 1. The van der Waals surface area contributed by atoms with Crippen LogP contribution in [0, 0.1) is 11.3 Å². The summed E-state index contributed by atoms with van der Waals surface area (Å²) in [6, 6.07) is 4.61. The molecule has 4 nitrogen and oxygen atoms in total. The van der Waals surface area contributed by atoms with Gasteiger partial charge in [0.2, 0.25) is 0 Å². The standard InChI is InChI=1S/C11H10ClNO3/c1-2-16-11(15)9-4-7(6-13)3-8(5-12)10(9)14/h3-4,14H,2,5H2,1H3. The van der Waals surface area contributed by atoms with Crippen LogP contribution in [0.4, 0.5) is 0 Å². The van der Waals surface area contributed by atoms with Crippen LogP contribution in [0.1, 0.15) is 28.4 Å². The number of alkyl halides is 1. The maximum absolute atomic E-state index is 11.5. The number of phenolic OH excluding ortho intramolecular Hbond substituents is 1. The quantitative estimate of drug-likeness (QED) is 0.648. The normalized spacial score (nSPS) is 9.56. The maximum atomic E-state index is 11.5. The van der Waals surface area contributed by atoms with Crippen molar-refractivity contribution in [2.24, 2.45) is 0 Å². The predicted molar refractivity (Wildman–Crippen MR) is 58.3 cm³/mol. The Hall–Kier alpha value is -1.73. The number of halogens is 1. The third-order valence-corrected chi connectivity index (χ3v) is 2.25. The Kier molecular flexibility index (Phi) is 4.15. The lowest BCUT2D eigenvalue weighted by Gasteiger charge is -2.08. The first kappa shape index (κ1) is 12.3. The van der Waals surface area contributed by atoms with Crippen molar-refractivity contribution < 1.29 is 14.6 Å². The minimum Gasteiger partial charge on any atom is -0.507 e. The number of hydrogen-bond donors (Lipinski definition) is 1. The summed E-state index contributed by atoms with van der Waals surface area (Å²) in [4.78, 5) is 11.5. The zero-order valence-corrected chi connectivity index (χ0v) is 9.41. The SMILES string of the molecule is CCOC(=O)c1cc(C#N)cc(CCl)c1O. The van der Waals surface area contributed by atoms with E-state index in [1.165, 1.54) is 12.1 Å². The highest BCUT2D eigenvalue weighted by molar-refractivity contribution is 6.17. The van der Waals surface area contributed by atoms with Gasteiger partial charge in [-0.25, -0.2) is 4.79 Å². The van der Waals surface area contributed by atoms with Gasteiger partial charge in [-0.1, -0.05) is 0 Å². The van der Waals surface area contributed by atoms with E-state index in [4.69, 9.17) is 21.6 Å². The van der Waals surface area contributed by atoms with Crippen molar-refractivity contribution >= 4 is 17.6 Å². The second-order valence-corrected chi connectivity index (χ2v) is 3.26. The molecule has 1 rings (SSSR count). The smallest absolute Gasteiger partial charge is 0.341 e. The number of carbonyl (C=O) groups is 1. The molecule has 0 heterocycles. The molecule has 0 aromatic heterocycles. The van der Waals surface area contributed by atoms with Crippen LogP contribution in [0.15, 0.2) is 12.1 Å². The van der Waals surface area contributed by atoms with E-state index in [1.54, 1.807) is 6.92 Å². The Bertz CT molecular complexity index is 451. The fourth-order valence-electron chi connectivity index (χ4n) is 1.23. The predicted octanol–water partition coefficient (Wildman–Crippen LogP) is 2.18. The van der Waals surface area contributed by atoms with E-state index in [0.717, 1.165) is 0 Å². The Balaban J connectivity index is 3.27. The van der Waals surface area contributed by atoms with E-state index in [0.29, 0.717) is 5.56 Å². The van der Waals surface area contributed by atoms with Gasteiger partial charge >= 0.3 is 5.97 Å². The van der Waals surface area contributed by atoms with Crippen molar-refractivity contribution in [1.82, 2.24) is 0 Å². The summed E-state index contributed by atoms with van der Waals surface area (Å²) in [6.45, 7) is 1.86. The lowest BCUT2D eigenvalue weighted by Crippen LogP contribution is -2.06. The molecule has 0 amide bonds. The van der Waals surface area contributed by atoms with E-state index in [2.05, 4.69) is 0 Å². The fourth-order valence-corrected chi connectivity index (χ4v) is 1.43. The average Bonchev–Trinajstić information content (AvgIpc) is 2.29. The average molecular weight is 240 g/mol. The Morgan fingerprint density at radius 1 is 1.62 bits per heavy atom. The number of aromatic hydroxyl groups is 1. The molecule has 0 saturated heterocycles. The third-order valence-electron chi connectivity index (χ3n) is 1.96. The van der Waals surface area contributed by atoms with Gasteiger partial charge in [-0.3, -0.25) is 0 Å². The molecule has 5 heteroatoms. The Labute approximate surface area is 98.0 Å². The number of rotatable bonds is 3. The molecular weight excluding hydrogens is 230 g/mol. The topological polar surface area (TPSA) is 70.3 Å². The van der Waals surface area contributed by atoms with Crippen LogP contribution < -0.4 is 0 Å². The molecule has 0 bridgehead atoms. The summed E-state index contributed by atoms with van der Waals surface area (Å²) in [5.74, 6) is -0.871. The fraction of sp³-hybridized carbons (Fsp3) is 0.273. The molecule has 0 fully saturated rings. The van der Waals surface area contributed by atoms with Gasteiger partial charge in [-0.05, 0) is 19.1 Å². The van der Waals surface area contributed by atoms with Crippen molar-refractivity contribution in [2.75, 3.05) is 6.61 Å². The summed E-state index contributed by atoms with van der Waals surface area (Å²) < 4.78 is 4.76. The summed E-state index contributed by atoms with van der Waals surface area (Å²) in [6.07, 6.45) is 0. The molecule has 0 aliphatic rings. The van der Waals surface area contributed by atoms with Gasteiger partial charge in [0, 0.05) is 5.56 Å². The molecule has 1 N–H and O–H groups in total. The van der Waals surface area contributed by atoms with Crippen molar-refractivity contribution in [3.63, 3.8) is 0 Å². The van der Waals surface area contributed by atoms with E-state index in [1.807, 2.05) is 6.07 Å². The first-order chi connectivity index (χ1) is 7.63. The van der Waals surface area contributed by atoms with Crippen LogP contribution in [0.3, 0.4) is 0 Å². The van der Waals surface area contributed by atoms with E-state index < -0.39 is 5.97 Å². The molecule has 1 aromatic carbocycles. The number of hydrogen-bond acceptors (Lipinski definition) is 4. The van der Waals surface area contributed by atoms with Crippen LogP contribution >= 0.6 is 11.6 Å². The number of nitriles is 1. The Morgan fingerprint density at radius 3 is 2.81 bits per heavy atom. The van der Waals surface area contributed by atoms with Crippen molar-refractivity contribution in [3.05, 3.63) is 28.8 Å². The van der Waals surface area contributed by atoms with Gasteiger partial charge in [0.05, 0.1) is 24.1 Å². The van der Waals surface area contributed by atoms with Gasteiger partial charge < -0.3 is 9.84 Å².